The summed E-state index contributed by atoms with van der Waals surface area (Å²) in [4.78, 5) is 57.4. The molecule has 6 heterocycles. The van der Waals surface area contributed by atoms with Crippen LogP contribution in [0.3, 0.4) is 0 Å². The summed E-state index contributed by atoms with van der Waals surface area (Å²) in [6, 6.07) is 126. The number of hydrogen-bond acceptors (Lipinski definition) is 12. The standard InChI is InChI=1S/C24H17N2.C20H22NSi.C19H18N.C17H14N.C15H10N.C11H8N.3C5H8O2.4Ir.Pt/c1-2-10-20(11-3-1)22-13-4-5-15-24(22)26-18-19-9-8-12-21(17-19)23-14-6-7-16-25-23;1-14-10-15(2)12-17(11-14)20-8-6-16-13-18(22(3,4)5)7-9-19(16)21-20;1-12-5-6-17-15(4)11-18(20-19(17)10-12)16-8-13(2)7-14(3)9-16;1-12-6-5-8-14(10-12)17-13(2)16-9-4-3-7-15(16)11-18-17;1-2-6-12(7-3-1)15-10-13-8-4-5-9-14(13)11-16-15;1-2-6-10(7-3-1)11-8-4-5-9-12-11;3*1-4(6)3-5(2)7;;;;;/h1-10,12-16H,18H2;6-11,13H,1-5H3;5-8,10-11H,1-4H3;3-7,9-11H,1-2H3;1-6,8-11H;1-6,8-9H;3*3,6H,1-2H3;;;;;/q-3;5*-1;;;;;;;;. The van der Waals surface area contributed by atoms with E-state index in [0.717, 1.165) is 112 Å². The summed E-state index contributed by atoms with van der Waals surface area (Å²) in [6.45, 7) is 33.1. The third-order valence-electron chi connectivity index (χ3n) is 20.5. The Morgan fingerprint density at radius 3 is 1.37 bits per heavy atom. The second kappa shape index (κ2) is 59.8. The number of ketones is 3. The van der Waals surface area contributed by atoms with Gasteiger partial charge >= 0.3 is 0 Å². The summed E-state index contributed by atoms with van der Waals surface area (Å²) in [6.07, 6.45) is 10.9. The molecule has 0 aliphatic heterocycles. The van der Waals surface area contributed by atoms with Crippen molar-refractivity contribution in [2.45, 2.75) is 123 Å². The molecule has 3 N–H and O–H groups in total. The van der Waals surface area contributed by atoms with E-state index in [0.29, 0.717) is 6.54 Å². The molecule has 6 aromatic heterocycles. The number of aliphatic hydroxyl groups is 3. The van der Waals surface area contributed by atoms with E-state index in [9.17, 15) is 14.4 Å². The van der Waals surface area contributed by atoms with Crippen LogP contribution in [0.1, 0.15) is 91.6 Å². The molecule has 0 aliphatic rings. The van der Waals surface area contributed by atoms with E-state index in [2.05, 4.69) is 277 Å². The number of pyridine rings is 6. The molecular weight excluding hydrogens is 2640 g/mol. The van der Waals surface area contributed by atoms with Crippen molar-refractivity contribution in [2.75, 3.05) is 0 Å². The number of fused-ring (bicyclic) bond motifs is 4. The first-order chi connectivity index (χ1) is 64.8. The number of aromatic nitrogens is 6. The Labute approximate surface area is 895 Å². The van der Waals surface area contributed by atoms with E-state index in [1.54, 1.807) is 12.4 Å². The number of benzene rings is 12. The third kappa shape index (κ3) is 38.6. The van der Waals surface area contributed by atoms with E-state index in [1.807, 2.05) is 176 Å². The van der Waals surface area contributed by atoms with Gasteiger partial charge in [-0.05, 0) is 159 Å². The molecule has 0 atom stereocenters. The van der Waals surface area contributed by atoms with Crippen LogP contribution in [0.5, 0.6) is 0 Å². The molecule has 18 aromatic rings. The number of hydrogen-bond donors (Lipinski definition) is 3. The zero-order valence-corrected chi connectivity index (χ0v) is 94.3. The van der Waals surface area contributed by atoms with Crippen LogP contribution in [0.25, 0.3) is 127 Å². The first-order valence-corrected chi connectivity index (χ1v) is 47.9. The van der Waals surface area contributed by atoms with Gasteiger partial charge in [-0.1, -0.05) is 211 Å². The summed E-state index contributed by atoms with van der Waals surface area (Å²) in [5.74, 6) is -0.187. The number of rotatable bonds is 14. The average molecular weight is 2750 g/mol. The minimum Gasteiger partial charge on any atom is -0.689 e. The summed E-state index contributed by atoms with van der Waals surface area (Å²) in [5.41, 5.74) is 28.2. The van der Waals surface area contributed by atoms with Gasteiger partial charge in [0.15, 0.2) is 17.3 Å². The molecule has 0 unspecified atom stereocenters. The Morgan fingerprint density at radius 2 is 0.836 bits per heavy atom. The monoisotopic (exact) mass is 2750 g/mol. The fraction of sp³-hybridized carbons (Fsp3) is 0.149. The molecule has 140 heavy (non-hydrogen) atoms. The van der Waals surface area contributed by atoms with E-state index in [1.165, 1.54) is 131 Å². The van der Waals surface area contributed by atoms with E-state index >= 15 is 0 Å². The Balaban J connectivity index is 0.000000285. The summed E-state index contributed by atoms with van der Waals surface area (Å²) < 4.78 is 0. The number of aliphatic hydroxyl groups excluding tert-OH is 3. The molecule has 18 rings (SSSR count). The summed E-state index contributed by atoms with van der Waals surface area (Å²) in [7, 11) is -1.28. The number of carbonyl (C=O) groups is 3. The predicted octanol–water partition coefficient (Wildman–Crippen LogP) is 29.7. The van der Waals surface area contributed by atoms with Gasteiger partial charge in [0.2, 0.25) is 0 Å². The third-order valence-corrected chi connectivity index (χ3v) is 22.5. The van der Waals surface area contributed by atoms with Crippen LogP contribution < -0.4 is 5.19 Å². The first-order valence-electron chi connectivity index (χ1n) is 44.4. The topological polar surface area (TPSA) is 203 Å². The fourth-order valence-corrected chi connectivity index (χ4v) is 15.5. The van der Waals surface area contributed by atoms with Gasteiger partial charge in [0.1, 0.15) is 0 Å². The van der Waals surface area contributed by atoms with Crippen LogP contribution in [0.2, 0.25) is 19.6 Å². The van der Waals surface area contributed by atoms with Crippen LogP contribution in [-0.2, 0) is 122 Å². The van der Waals surface area contributed by atoms with Crippen LogP contribution in [-0.4, -0.2) is 70.6 Å². The van der Waals surface area contributed by atoms with Crippen molar-refractivity contribution in [1.82, 2.24) is 29.9 Å². The second-order valence-corrected chi connectivity index (χ2v) is 38.7. The average Bonchev–Trinajstić information content (AvgIpc) is 0.801. The van der Waals surface area contributed by atoms with E-state index in [-0.39, 0.29) is 136 Å². The quantitative estimate of drug-likeness (QED) is 0.0403. The van der Waals surface area contributed by atoms with Crippen LogP contribution in [0.15, 0.2) is 364 Å². The van der Waals surface area contributed by atoms with Crippen molar-refractivity contribution in [3.63, 3.8) is 0 Å². The van der Waals surface area contributed by atoms with Gasteiger partial charge < -0.3 is 40.6 Å². The van der Waals surface area contributed by atoms with Gasteiger partial charge in [-0.2, -0.15) is 5.69 Å². The molecule has 0 amide bonds. The Morgan fingerprint density at radius 1 is 0.350 bits per heavy atom. The molecule has 0 aliphatic carbocycles. The number of allylic oxidation sites excluding steroid dienone is 6. The van der Waals surface area contributed by atoms with Crippen molar-refractivity contribution in [3.05, 3.63) is 461 Å². The predicted molar refractivity (Wildman–Crippen MR) is 561 cm³/mol. The van der Waals surface area contributed by atoms with E-state index in [4.69, 9.17) is 30.6 Å². The maximum absolute atomic E-state index is 10.0. The van der Waals surface area contributed by atoms with Gasteiger partial charge in [-0.25, -0.2) is 0 Å². The molecular formula is C121H113Ir4N7O6PtSi-8. The number of para-hydroxylation sites is 1. The van der Waals surface area contributed by atoms with Crippen molar-refractivity contribution in [1.29, 1.82) is 0 Å². The Bertz CT molecular complexity index is 6980. The molecule has 0 spiro atoms. The van der Waals surface area contributed by atoms with Crippen molar-refractivity contribution < 1.29 is 131 Å². The first kappa shape index (κ1) is 118. The minimum atomic E-state index is -1.28. The molecule has 0 bridgehead atoms. The Hall–Kier alpha value is -12.5. The summed E-state index contributed by atoms with van der Waals surface area (Å²) >= 11 is 0. The maximum atomic E-state index is 10.0. The molecule has 12 aromatic carbocycles. The van der Waals surface area contributed by atoms with Crippen LogP contribution in [0, 0.1) is 97.9 Å². The van der Waals surface area contributed by atoms with Gasteiger partial charge in [0.25, 0.3) is 0 Å². The second-order valence-electron chi connectivity index (χ2n) is 33.6. The number of carbonyl (C=O) groups excluding carboxylic acids is 3. The zero-order chi connectivity index (χ0) is 96.9. The summed E-state index contributed by atoms with van der Waals surface area (Å²) in [5, 5.41) is 38.7. The maximum Gasteiger partial charge on any atom is 0.155 e. The largest absolute Gasteiger partial charge is 0.689 e. The molecule has 0 saturated carbocycles. The molecule has 4 radical (unpaired) electrons. The molecule has 13 nitrogen and oxygen atoms in total. The minimum absolute atomic E-state index is 0. The molecule has 0 saturated heterocycles. The van der Waals surface area contributed by atoms with E-state index < -0.39 is 8.07 Å². The number of aryl methyl sites for hydroxylation is 8. The normalized spacial score (nSPS) is 10.5. The van der Waals surface area contributed by atoms with Gasteiger partial charge in [0, 0.05) is 150 Å². The SMILES string of the molecule is CC(=O)C=C(C)O.CC(=O)C=C(C)O.CC(=O)C=C(C)O.Cc1[c-]c(-c2cc(C)c3ccc(C)cc3n2)cc(C)c1.Cc1[c-]c(-c2ccc3cc([Si](C)(C)C)ccc3n2)cc(C)c1.Cc1cc[c-]c(-c2ncc3ccccc3c2C)c1.[Ir].[Ir].[Ir].[Ir].[Pt].[c-]1c(C[N-]c2ccccc2-c2[c-]cccc2)cccc1-c1ccccn1.[c-]1ccccc1-c1cc2ccccc2cn1.[c-]1ccccc1-c1ccccn1. The smallest absolute Gasteiger partial charge is 0.155 e. The van der Waals surface area contributed by atoms with Gasteiger partial charge in [-0.3, -0.25) is 24.4 Å². The fourth-order valence-electron chi connectivity index (χ4n) is 14.3. The van der Waals surface area contributed by atoms with Crippen molar-refractivity contribution in [2.24, 2.45) is 0 Å². The van der Waals surface area contributed by atoms with Gasteiger partial charge in [-0.15, -0.1) is 260 Å². The van der Waals surface area contributed by atoms with Crippen molar-refractivity contribution >= 4 is 79.6 Å². The van der Waals surface area contributed by atoms with Gasteiger partial charge in [0.05, 0.1) is 36.4 Å². The molecule has 0 fully saturated rings. The molecule has 19 heteroatoms. The zero-order valence-electron chi connectivity index (χ0n) is 81.5. The molecule has 726 valence electrons. The number of nitrogens with zero attached hydrogens (tertiary/aromatic N) is 7. The van der Waals surface area contributed by atoms with Crippen molar-refractivity contribution in [3.8, 4) is 78.7 Å². The Kier molecular flexibility index (Phi) is 50.4. The van der Waals surface area contributed by atoms with Crippen LogP contribution >= 0.6 is 0 Å². The van der Waals surface area contributed by atoms with Crippen LogP contribution in [0.4, 0.5) is 5.69 Å².